The number of hydrogen-bond donors (Lipinski definition) is 1. The Morgan fingerprint density at radius 1 is 1.35 bits per heavy atom. The van der Waals surface area contributed by atoms with E-state index in [1.165, 1.54) is 0 Å². The van der Waals surface area contributed by atoms with Crippen molar-refractivity contribution in [3.63, 3.8) is 0 Å². The van der Waals surface area contributed by atoms with Crippen molar-refractivity contribution in [3.8, 4) is 5.88 Å². The minimum atomic E-state index is -0.969. The molecule has 9 heteroatoms. The third-order valence-corrected chi connectivity index (χ3v) is 3.22. The largest absolute Gasteiger partial charge is 0.491 e. The van der Waals surface area contributed by atoms with Crippen LogP contribution in [0.4, 0.5) is 10.1 Å². The molecule has 6 nitrogen and oxygen atoms in total. The molecule has 0 amide bonds. The van der Waals surface area contributed by atoms with Crippen LogP contribution in [-0.2, 0) is 9.57 Å². The van der Waals surface area contributed by atoms with Gasteiger partial charge in [-0.25, -0.2) is 0 Å². The maximum Gasteiger partial charge on any atom is 0.238 e. The molecule has 0 aliphatic heterocycles. The Bertz CT molecular complexity index is 607. The molecular weight excluding hydrogens is 348 g/mol. The molecule has 0 aliphatic rings. The van der Waals surface area contributed by atoms with Gasteiger partial charge in [-0.05, 0) is 20.8 Å². The number of ether oxygens (including phenoxy) is 2. The van der Waals surface area contributed by atoms with Crippen LogP contribution >= 0.6 is 23.2 Å². The van der Waals surface area contributed by atoms with Gasteiger partial charge < -0.3 is 20.0 Å². The number of nitrogens with zero attached hydrogens (tertiary/aromatic N) is 2. The second-order valence-corrected chi connectivity index (χ2v) is 5.45. The van der Waals surface area contributed by atoms with Gasteiger partial charge in [-0.15, -0.1) is 0 Å². The Kier molecular flexibility index (Phi) is 7.38. The van der Waals surface area contributed by atoms with Crippen LogP contribution < -0.4 is 10.5 Å². The fourth-order valence-corrected chi connectivity index (χ4v) is 1.69. The molecular formula is C14H18Cl2FN3O3. The Balaban J connectivity index is 2.57. The van der Waals surface area contributed by atoms with Gasteiger partial charge in [-0.2, -0.15) is 9.37 Å². The van der Waals surface area contributed by atoms with Crippen molar-refractivity contribution in [2.24, 2.45) is 5.16 Å². The van der Waals surface area contributed by atoms with Crippen LogP contribution in [-0.4, -0.2) is 30.0 Å². The van der Waals surface area contributed by atoms with Crippen molar-refractivity contribution in [1.82, 2.24) is 4.98 Å². The van der Waals surface area contributed by atoms with Gasteiger partial charge in [0, 0.05) is 0 Å². The number of halogens is 3. The molecule has 128 valence electrons. The zero-order valence-electron chi connectivity index (χ0n) is 13.0. The highest BCUT2D eigenvalue weighted by atomic mass is 35.5. The van der Waals surface area contributed by atoms with E-state index < -0.39 is 12.1 Å². The minimum Gasteiger partial charge on any atom is -0.491 e. The summed E-state index contributed by atoms with van der Waals surface area (Å²) in [5.74, 6) is -0.869. The van der Waals surface area contributed by atoms with Crippen molar-refractivity contribution in [2.45, 2.75) is 26.9 Å². The summed E-state index contributed by atoms with van der Waals surface area (Å²) in [6.07, 6.45) is -0.642. The van der Waals surface area contributed by atoms with E-state index in [1.807, 2.05) is 13.8 Å². The lowest BCUT2D eigenvalue weighted by Crippen LogP contribution is -2.19. The Morgan fingerprint density at radius 3 is 2.61 bits per heavy atom. The van der Waals surface area contributed by atoms with Crippen molar-refractivity contribution in [1.29, 1.82) is 0 Å². The van der Waals surface area contributed by atoms with Crippen molar-refractivity contribution >= 4 is 34.6 Å². The van der Waals surface area contributed by atoms with Gasteiger partial charge in [-0.3, -0.25) is 0 Å². The third kappa shape index (κ3) is 5.76. The number of anilines is 1. The lowest BCUT2D eigenvalue weighted by Gasteiger charge is -2.18. The highest BCUT2D eigenvalue weighted by Gasteiger charge is 2.19. The molecule has 0 saturated carbocycles. The summed E-state index contributed by atoms with van der Waals surface area (Å²) in [6, 6.07) is 0. The monoisotopic (exact) mass is 365 g/mol. The van der Waals surface area contributed by atoms with Gasteiger partial charge >= 0.3 is 0 Å². The summed E-state index contributed by atoms with van der Waals surface area (Å²) in [4.78, 5) is 8.49. The van der Waals surface area contributed by atoms with Crippen LogP contribution in [0, 0.1) is 5.95 Å². The van der Waals surface area contributed by atoms with E-state index in [2.05, 4.69) is 16.7 Å². The Labute approximate surface area is 144 Å². The summed E-state index contributed by atoms with van der Waals surface area (Å²) in [6.45, 7) is 9.44. The molecule has 0 unspecified atom stereocenters. The standard InChI is InChI=1S/C14H18Cl2FN3O3/c1-7(2)20-22-6-5-21-8(3)9(4)23-14-11(16)12(18)10(15)13(17)19-14/h9H,3,5-6H2,1-2,4H3,(H2,18,19)/t9-/m1/s1. The van der Waals surface area contributed by atoms with Crippen LogP contribution in [0.15, 0.2) is 17.5 Å². The smallest absolute Gasteiger partial charge is 0.238 e. The van der Waals surface area contributed by atoms with Crippen LogP contribution in [0.25, 0.3) is 0 Å². The number of nitrogens with two attached hydrogens (primary N) is 1. The molecule has 1 aromatic rings. The molecule has 0 bridgehead atoms. The Hall–Kier alpha value is -1.73. The van der Waals surface area contributed by atoms with Crippen LogP contribution in [0.5, 0.6) is 5.88 Å². The molecule has 0 fully saturated rings. The fourth-order valence-electron chi connectivity index (χ4n) is 1.32. The molecule has 23 heavy (non-hydrogen) atoms. The van der Waals surface area contributed by atoms with E-state index in [-0.39, 0.29) is 40.6 Å². The zero-order chi connectivity index (χ0) is 17.6. The number of hydrogen-bond acceptors (Lipinski definition) is 6. The molecule has 2 N–H and O–H groups in total. The van der Waals surface area contributed by atoms with Gasteiger partial charge in [0.25, 0.3) is 0 Å². The quantitative estimate of drug-likeness (QED) is 0.249. The Morgan fingerprint density at radius 2 is 2.00 bits per heavy atom. The van der Waals surface area contributed by atoms with E-state index in [0.29, 0.717) is 0 Å². The molecule has 0 saturated heterocycles. The molecule has 0 aliphatic carbocycles. The van der Waals surface area contributed by atoms with Crippen LogP contribution in [0.2, 0.25) is 10.0 Å². The molecule has 1 aromatic heterocycles. The molecule has 0 radical (unpaired) electrons. The number of nitrogen functional groups attached to an aromatic ring is 1. The van der Waals surface area contributed by atoms with Gasteiger partial charge in [0.05, 0.1) is 11.4 Å². The number of aromatic nitrogens is 1. The normalized spacial score (nSPS) is 11.6. The van der Waals surface area contributed by atoms with Crippen molar-refractivity contribution < 1.29 is 18.7 Å². The maximum atomic E-state index is 13.5. The fraction of sp³-hybridized carbons (Fsp3) is 0.429. The highest BCUT2D eigenvalue weighted by Crippen LogP contribution is 2.35. The first kappa shape index (κ1) is 19.3. The molecule has 1 atom stereocenters. The summed E-state index contributed by atoms with van der Waals surface area (Å²) >= 11 is 11.5. The minimum absolute atomic E-state index is 0.0767. The lowest BCUT2D eigenvalue weighted by atomic mass is 10.3. The molecule has 0 spiro atoms. The van der Waals surface area contributed by atoms with Crippen LogP contribution in [0.3, 0.4) is 0 Å². The van der Waals surface area contributed by atoms with E-state index in [9.17, 15) is 4.39 Å². The van der Waals surface area contributed by atoms with Gasteiger partial charge in [0.2, 0.25) is 11.8 Å². The average molecular weight is 366 g/mol. The topological polar surface area (TPSA) is 79.0 Å². The highest BCUT2D eigenvalue weighted by molar-refractivity contribution is 6.39. The lowest BCUT2D eigenvalue weighted by molar-refractivity contribution is 0.0593. The van der Waals surface area contributed by atoms with Gasteiger partial charge in [0.1, 0.15) is 22.4 Å². The van der Waals surface area contributed by atoms with E-state index in [4.69, 9.17) is 43.2 Å². The van der Waals surface area contributed by atoms with E-state index >= 15 is 0 Å². The number of pyridine rings is 1. The third-order valence-electron chi connectivity index (χ3n) is 2.49. The van der Waals surface area contributed by atoms with Crippen LogP contribution in [0.1, 0.15) is 20.8 Å². The maximum absolute atomic E-state index is 13.5. The first-order chi connectivity index (χ1) is 10.7. The molecule has 1 rings (SSSR count). The SMILES string of the molecule is C=C(OCCON=C(C)C)[C@@H](C)Oc1nc(F)c(Cl)c(N)c1Cl. The van der Waals surface area contributed by atoms with Crippen molar-refractivity contribution in [2.75, 3.05) is 18.9 Å². The summed E-state index contributed by atoms with van der Waals surface area (Å²) < 4.78 is 24.2. The molecule has 1 heterocycles. The second-order valence-electron chi connectivity index (χ2n) is 4.70. The first-order valence-electron chi connectivity index (χ1n) is 6.65. The zero-order valence-corrected chi connectivity index (χ0v) is 14.5. The van der Waals surface area contributed by atoms with Crippen molar-refractivity contribution in [3.05, 3.63) is 28.3 Å². The average Bonchev–Trinajstić information content (AvgIpc) is 2.49. The summed E-state index contributed by atoms with van der Waals surface area (Å²) in [5.41, 5.74) is 6.22. The number of oxime groups is 1. The van der Waals surface area contributed by atoms with Gasteiger partial charge in [0.15, 0.2) is 12.7 Å². The second kappa shape index (κ2) is 8.79. The molecule has 0 aromatic carbocycles. The predicted octanol–water partition coefficient (Wildman–Crippen LogP) is 3.82. The predicted molar refractivity (Wildman–Crippen MR) is 88.5 cm³/mol. The van der Waals surface area contributed by atoms with E-state index in [1.54, 1.807) is 6.92 Å². The summed E-state index contributed by atoms with van der Waals surface area (Å²) in [7, 11) is 0. The first-order valence-corrected chi connectivity index (χ1v) is 7.41. The van der Waals surface area contributed by atoms with E-state index in [0.717, 1.165) is 5.71 Å². The number of rotatable bonds is 8. The van der Waals surface area contributed by atoms with Gasteiger partial charge in [-0.1, -0.05) is 34.9 Å². The summed E-state index contributed by atoms with van der Waals surface area (Å²) in [5, 5.41) is 3.32.